The molecule has 1 atom stereocenters. The maximum Gasteiger partial charge on any atom is 0.254 e. The second-order valence-corrected chi connectivity index (χ2v) is 6.93. The van der Waals surface area contributed by atoms with E-state index in [0.717, 1.165) is 49.3 Å². The molecule has 25 heavy (non-hydrogen) atoms. The van der Waals surface area contributed by atoms with Gasteiger partial charge in [-0.25, -0.2) is 4.98 Å². The van der Waals surface area contributed by atoms with Crippen LogP contribution in [0.25, 0.3) is 0 Å². The zero-order chi connectivity index (χ0) is 17.6. The van der Waals surface area contributed by atoms with Crippen molar-refractivity contribution < 1.29 is 4.79 Å². The Balaban J connectivity index is 1.67. The second kappa shape index (κ2) is 8.15. The first-order valence-corrected chi connectivity index (χ1v) is 9.14. The lowest BCUT2D eigenvalue weighted by Gasteiger charge is -2.36. The van der Waals surface area contributed by atoms with Gasteiger partial charge in [-0.1, -0.05) is 24.3 Å². The first kappa shape index (κ1) is 17.5. The Morgan fingerprint density at radius 3 is 2.68 bits per heavy atom. The monoisotopic (exact) mass is 337 g/mol. The molecule has 1 aromatic heterocycles. The second-order valence-electron chi connectivity index (χ2n) is 6.93. The summed E-state index contributed by atoms with van der Waals surface area (Å²) in [7, 11) is 4.01. The maximum atomic E-state index is 12.9. The normalized spacial score (nSPS) is 17.4. The summed E-state index contributed by atoms with van der Waals surface area (Å²) in [6.07, 6.45) is 5.27. The van der Waals surface area contributed by atoms with Gasteiger partial charge in [0.05, 0.1) is 0 Å². The van der Waals surface area contributed by atoms with Crippen LogP contribution >= 0.6 is 0 Å². The molecule has 0 bridgehead atoms. The minimum absolute atomic E-state index is 0.167. The van der Waals surface area contributed by atoms with Gasteiger partial charge in [0.2, 0.25) is 0 Å². The summed E-state index contributed by atoms with van der Waals surface area (Å²) in [4.78, 5) is 21.7. The van der Waals surface area contributed by atoms with Crippen molar-refractivity contribution in [1.82, 2.24) is 9.88 Å². The van der Waals surface area contributed by atoms with E-state index in [1.165, 1.54) is 6.42 Å². The Morgan fingerprint density at radius 1 is 1.12 bits per heavy atom. The van der Waals surface area contributed by atoms with Crippen molar-refractivity contribution in [3.8, 4) is 0 Å². The predicted molar refractivity (Wildman–Crippen MR) is 102 cm³/mol. The standard InChI is InChI=1S/C21H27N3O/c1-23(2)20-13-8-11-18(22-20)14-15-19-12-6-7-16-24(19)21(25)17-9-4-3-5-10-17/h3-5,8-11,13,19H,6-7,12,14-16H2,1-2H3. The highest BCUT2D eigenvalue weighted by molar-refractivity contribution is 5.94. The lowest BCUT2D eigenvalue weighted by Crippen LogP contribution is -2.44. The van der Waals surface area contributed by atoms with Crippen molar-refractivity contribution in [3.05, 3.63) is 59.8 Å². The van der Waals surface area contributed by atoms with Crippen LogP contribution in [0.15, 0.2) is 48.5 Å². The number of hydrogen-bond acceptors (Lipinski definition) is 3. The van der Waals surface area contributed by atoms with E-state index in [2.05, 4.69) is 17.0 Å². The van der Waals surface area contributed by atoms with Crippen LogP contribution in [0.5, 0.6) is 0 Å². The zero-order valence-corrected chi connectivity index (χ0v) is 15.2. The molecule has 1 aliphatic heterocycles. The minimum Gasteiger partial charge on any atom is -0.363 e. The molecule has 0 saturated carbocycles. The van der Waals surface area contributed by atoms with Gasteiger partial charge >= 0.3 is 0 Å². The third kappa shape index (κ3) is 4.38. The lowest BCUT2D eigenvalue weighted by atomic mass is 9.96. The Labute approximate surface area is 150 Å². The van der Waals surface area contributed by atoms with Crippen LogP contribution in [0.2, 0.25) is 0 Å². The van der Waals surface area contributed by atoms with E-state index in [-0.39, 0.29) is 5.91 Å². The number of rotatable bonds is 5. The van der Waals surface area contributed by atoms with Gasteiger partial charge in [-0.2, -0.15) is 0 Å². The summed E-state index contributed by atoms with van der Waals surface area (Å²) in [6.45, 7) is 0.865. The maximum absolute atomic E-state index is 12.9. The van der Waals surface area contributed by atoms with Crippen molar-refractivity contribution in [1.29, 1.82) is 0 Å². The number of aryl methyl sites for hydroxylation is 1. The molecule has 2 aromatic rings. The molecular formula is C21H27N3O. The van der Waals surface area contributed by atoms with Gasteiger partial charge in [0, 0.05) is 37.9 Å². The third-order valence-corrected chi connectivity index (χ3v) is 4.89. The Kier molecular flexibility index (Phi) is 5.69. The number of carbonyl (C=O) groups excluding carboxylic acids is 1. The molecule has 3 rings (SSSR count). The van der Waals surface area contributed by atoms with Gasteiger partial charge in [-0.15, -0.1) is 0 Å². The van der Waals surface area contributed by atoms with Crippen LogP contribution < -0.4 is 4.90 Å². The number of pyridine rings is 1. The van der Waals surface area contributed by atoms with E-state index < -0.39 is 0 Å². The molecule has 1 aromatic carbocycles. The lowest BCUT2D eigenvalue weighted by molar-refractivity contribution is 0.0601. The summed E-state index contributed by atoms with van der Waals surface area (Å²) in [5, 5.41) is 0. The number of aromatic nitrogens is 1. The van der Waals surface area contributed by atoms with E-state index in [0.29, 0.717) is 6.04 Å². The molecule has 132 valence electrons. The smallest absolute Gasteiger partial charge is 0.254 e. The average molecular weight is 337 g/mol. The SMILES string of the molecule is CN(C)c1cccc(CCC2CCCCN2C(=O)c2ccccc2)n1. The van der Waals surface area contributed by atoms with Gasteiger partial charge in [0.25, 0.3) is 5.91 Å². The van der Waals surface area contributed by atoms with Crippen LogP contribution in [0.4, 0.5) is 5.82 Å². The molecule has 1 aliphatic rings. The highest BCUT2D eigenvalue weighted by atomic mass is 16.2. The molecule has 0 aliphatic carbocycles. The average Bonchev–Trinajstić information content (AvgIpc) is 2.67. The highest BCUT2D eigenvalue weighted by Crippen LogP contribution is 2.23. The number of likely N-dealkylation sites (tertiary alicyclic amines) is 1. The molecule has 0 radical (unpaired) electrons. The Morgan fingerprint density at radius 2 is 1.92 bits per heavy atom. The summed E-state index contributed by atoms with van der Waals surface area (Å²) >= 11 is 0. The summed E-state index contributed by atoms with van der Waals surface area (Å²) in [6, 6.07) is 16.1. The molecule has 0 spiro atoms. The van der Waals surface area contributed by atoms with Gasteiger partial charge in [0.1, 0.15) is 5.82 Å². The van der Waals surface area contributed by atoms with E-state index >= 15 is 0 Å². The summed E-state index contributed by atoms with van der Waals surface area (Å²) < 4.78 is 0. The molecule has 1 saturated heterocycles. The fourth-order valence-electron chi connectivity index (χ4n) is 3.48. The molecular weight excluding hydrogens is 310 g/mol. The summed E-state index contributed by atoms with van der Waals surface area (Å²) in [5.41, 5.74) is 1.89. The van der Waals surface area contributed by atoms with Gasteiger partial charge < -0.3 is 9.80 Å². The molecule has 1 amide bonds. The zero-order valence-electron chi connectivity index (χ0n) is 15.2. The highest BCUT2D eigenvalue weighted by Gasteiger charge is 2.27. The number of hydrogen-bond donors (Lipinski definition) is 0. The molecule has 0 N–H and O–H groups in total. The van der Waals surface area contributed by atoms with Crippen LogP contribution in [0.1, 0.15) is 41.7 Å². The van der Waals surface area contributed by atoms with Crippen molar-refractivity contribution in [2.45, 2.75) is 38.1 Å². The molecule has 4 nitrogen and oxygen atoms in total. The Bertz CT molecular complexity index is 699. The van der Waals surface area contributed by atoms with Gasteiger partial charge in [0.15, 0.2) is 0 Å². The van der Waals surface area contributed by atoms with Crippen molar-refractivity contribution in [2.75, 3.05) is 25.5 Å². The fraction of sp³-hybridized carbons (Fsp3) is 0.429. The largest absolute Gasteiger partial charge is 0.363 e. The van der Waals surface area contributed by atoms with E-state index in [9.17, 15) is 4.79 Å². The van der Waals surface area contributed by atoms with Crippen molar-refractivity contribution in [3.63, 3.8) is 0 Å². The number of amides is 1. The summed E-state index contributed by atoms with van der Waals surface area (Å²) in [5.74, 6) is 1.15. The van der Waals surface area contributed by atoms with Gasteiger partial charge in [-0.3, -0.25) is 4.79 Å². The number of piperidine rings is 1. The topological polar surface area (TPSA) is 36.4 Å². The fourth-order valence-corrected chi connectivity index (χ4v) is 3.48. The van der Waals surface area contributed by atoms with Crippen LogP contribution in [0.3, 0.4) is 0 Å². The van der Waals surface area contributed by atoms with E-state index in [4.69, 9.17) is 4.98 Å². The van der Waals surface area contributed by atoms with Crippen LogP contribution in [-0.4, -0.2) is 42.5 Å². The Hall–Kier alpha value is -2.36. The third-order valence-electron chi connectivity index (χ3n) is 4.89. The first-order valence-electron chi connectivity index (χ1n) is 9.14. The number of nitrogens with zero attached hydrogens (tertiary/aromatic N) is 3. The van der Waals surface area contributed by atoms with E-state index in [1.54, 1.807) is 0 Å². The van der Waals surface area contributed by atoms with Crippen molar-refractivity contribution in [2.24, 2.45) is 0 Å². The van der Waals surface area contributed by atoms with Crippen molar-refractivity contribution >= 4 is 11.7 Å². The molecule has 2 heterocycles. The van der Waals surface area contributed by atoms with E-state index in [1.807, 2.05) is 55.4 Å². The molecule has 1 fully saturated rings. The van der Waals surface area contributed by atoms with Gasteiger partial charge in [-0.05, 0) is 56.4 Å². The quantitative estimate of drug-likeness (QED) is 0.833. The number of benzene rings is 1. The number of carbonyl (C=O) groups is 1. The predicted octanol–water partition coefficient (Wildman–Crippen LogP) is 3.78. The minimum atomic E-state index is 0.167. The number of anilines is 1. The first-order chi connectivity index (χ1) is 12.1. The molecule has 4 heteroatoms. The molecule has 1 unspecified atom stereocenters. The van der Waals surface area contributed by atoms with Crippen LogP contribution in [0, 0.1) is 0 Å². The van der Waals surface area contributed by atoms with Crippen LogP contribution in [-0.2, 0) is 6.42 Å².